The molecule has 0 radical (unpaired) electrons. The fraction of sp³-hybridized carbons (Fsp3) is 0.500. The number of likely N-dealkylation sites (tertiary alicyclic amines) is 1. The van der Waals surface area contributed by atoms with Crippen LogP contribution in [0.25, 0.3) is 0 Å². The van der Waals surface area contributed by atoms with Crippen molar-refractivity contribution >= 4 is 17.5 Å². The van der Waals surface area contributed by atoms with Gasteiger partial charge in [-0.3, -0.25) is 9.69 Å². The average molecular weight is 521 g/mol. The van der Waals surface area contributed by atoms with Crippen molar-refractivity contribution in [2.75, 3.05) is 19.7 Å². The predicted molar refractivity (Wildman–Crippen MR) is 133 cm³/mol. The molecule has 0 bridgehead atoms. The van der Waals surface area contributed by atoms with E-state index in [9.17, 15) is 25.2 Å². The van der Waals surface area contributed by atoms with E-state index >= 15 is 0 Å². The molecule has 0 unspecified atom stereocenters. The van der Waals surface area contributed by atoms with Crippen LogP contribution in [0, 0.1) is 0 Å². The first kappa shape index (κ1) is 26.8. The Labute approximate surface area is 215 Å². The summed E-state index contributed by atoms with van der Waals surface area (Å²) in [5.74, 6) is 0.202. The fourth-order valence-corrected chi connectivity index (χ4v) is 5.17. The Morgan fingerprint density at radius 2 is 1.83 bits per heavy atom. The molecule has 9 nitrogen and oxygen atoms in total. The Bertz CT molecular complexity index is 1050. The smallest absolute Gasteiger partial charge is 0.234 e. The van der Waals surface area contributed by atoms with Crippen molar-refractivity contribution < 1.29 is 34.7 Å². The molecule has 2 aliphatic heterocycles. The van der Waals surface area contributed by atoms with Crippen molar-refractivity contribution in [2.45, 2.75) is 62.4 Å². The molecule has 0 aromatic heterocycles. The van der Waals surface area contributed by atoms with Crippen LogP contribution in [0.1, 0.15) is 36.1 Å². The van der Waals surface area contributed by atoms with Crippen molar-refractivity contribution in [3.63, 3.8) is 0 Å². The van der Waals surface area contributed by atoms with Gasteiger partial charge in [-0.15, -0.1) is 0 Å². The molecule has 4 rings (SSSR count). The quantitative estimate of drug-likeness (QED) is 0.343. The van der Waals surface area contributed by atoms with Gasteiger partial charge in [0.2, 0.25) is 5.91 Å². The number of hydrogen-bond acceptors (Lipinski definition) is 8. The van der Waals surface area contributed by atoms with Crippen LogP contribution in [0.5, 0.6) is 5.75 Å². The zero-order valence-corrected chi connectivity index (χ0v) is 20.8. The third-order valence-electron chi connectivity index (χ3n) is 6.86. The molecule has 2 heterocycles. The molecule has 2 saturated heterocycles. The fourth-order valence-electron chi connectivity index (χ4n) is 4.98. The molecule has 0 saturated carbocycles. The minimum absolute atomic E-state index is 0.0543. The molecule has 2 aliphatic rings. The van der Waals surface area contributed by atoms with E-state index in [0.29, 0.717) is 23.6 Å². The summed E-state index contributed by atoms with van der Waals surface area (Å²) in [5.41, 5.74) is 7.89. The first-order chi connectivity index (χ1) is 17.2. The van der Waals surface area contributed by atoms with E-state index in [1.54, 1.807) is 17.0 Å². The van der Waals surface area contributed by atoms with Crippen LogP contribution in [-0.2, 0) is 16.0 Å². The standard InChI is InChI=1S/C26H33ClN2O7/c1-2-35-18-6-3-14(4-7-18)9-16-10-15(5-8-19(16)27)25-24(33)23(32)22(31)21(36-25)13-29-12-17(30)11-20(29)26(28)34/h3-8,10,17,20-25,30-33H,2,9,11-13H2,1H3,(H2,28,34)/t17-,20+,21-,22+,23-,24-,25+/m1/s1. The second-order valence-electron chi connectivity index (χ2n) is 9.43. The third kappa shape index (κ3) is 5.84. The summed E-state index contributed by atoms with van der Waals surface area (Å²) < 4.78 is 11.6. The zero-order valence-electron chi connectivity index (χ0n) is 20.0. The number of nitrogens with zero attached hydrogens (tertiary/aromatic N) is 1. The maximum atomic E-state index is 11.8. The minimum Gasteiger partial charge on any atom is -0.494 e. The Morgan fingerprint density at radius 3 is 2.50 bits per heavy atom. The summed E-state index contributed by atoms with van der Waals surface area (Å²) in [6, 6.07) is 12.2. The van der Waals surface area contributed by atoms with E-state index in [1.807, 2.05) is 37.3 Å². The molecule has 2 fully saturated rings. The van der Waals surface area contributed by atoms with Gasteiger partial charge in [-0.2, -0.15) is 0 Å². The number of benzene rings is 2. The Morgan fingerprint density at radius 1 is 1.11 bits per heavy atom. The molecule has 0 spiro atoms. The van der Waals surface area contributed by atoms with Gasteiger partial charge in [0, 0.05) is 18.1 Å². The number of aliphatic hydroxyl groups is 4. The summed E-state index contributed by atoms with van der Waals surface area (Å²) in [6.45, 7) is 2.75. The van der Waals surface area contributed by atoms with Crippen LogP contribution in [0.15, 0.2) is 42.5 Å². The normalized spacial score (nSPS) is 30.9. The minimum atomic E-state index is -1.47. The Balaban J connectivity index is 1.53. The summed E-state index contributed by atoms with van der Waals surface area (Å²) in [5, 5.41) is 42.5. The monoisotopic (exact) mass is 520 g/mol. The number of primary amides is 1. The van der Waals surface area contributed by atoms with Crippen LogP contribution in [0.3, 0.4) is 0 Å². The summed E-state index contributed by atoms with van der Waals surface area (Å²) in [7, 11) is 0. The average Bonchev–Trinajstić information content (AvgIpc) is 3.22. The lowest BCUT2D eigenvalue weighted by molar-refractivity contribution is -0.228. The molecule has 0 aliphatic carbocycles. The summed E-state index contributed by atoms with van der Waals surface area (Å²) in [6.07, 6.45) is -6.11. The van der Waals surface area contributed by atoms with Crippen molar-refractivity contribution in [2.24, 2.45) is 5.73 Å². The lowest BCUT2D eigenvalue weighted by Gasteiger charge is -2.42. The molecule has 2 aromatic carbocycles. The van der Waals surface area contributed by atoms with Crippen LogP contribution in [0.2, 0.25) is 5.02 Å². The zero-order chi connectivity index (χ0) is 26.0. The topological polar surface area (TPSA) is 146 Å². The highest BCUT2D eigenvalue weighted by Gasteiger charge is 2.46. The van der Waals surface area contributed by atoms with Gasteiger partial charge in [-0.05, 0) is 54.7 Å². The summed E-state index contributed by atoms with van der Waals surface area (Å²) in [4.78, 5) is 13.5. The Hall–Kier alpha value is -2.24. The molecular formula is C26H33ClN2O7. The van der Waals surface area contributed by atoms with Gasteiger partial charge >= 0.3 is 0 Å². The predicted octanol–water partition coefficient (Wildman–Crippen LogP) is 0.773. The van der Waals surface area contributed by atoms with E-state index in [1.165, 1.54) is 0 Å². The largest absolute Gasteiger partial charge is 0.494 e. The maximum Gasteiger partial charge on any atom is 0.234 e. The molecule has 36 heavy (non-hydrogen) atoms. The SMILES string of the molecule is CCOc1ccc(Cc2cc([C@@H]3O[C@H](CN4C[C@H](O)C[C@H]4C(N)=O)[C@H](O)[C@@H](O)[C@H]3O)ccc2Cl)cc1. The highest BCUT2D eigenvalue weighted by Crippen LogP contribution is 2.35. The maximum absolute atomic E-state index is 11.8. The number of β-amino-alcohol motifs (C(OH)–C–C–N with tert-alkyl or cyclic N) is 1. The molecule has 1 amide bonds. The van der Waals surface area contributed by atoms with Crippen molar-refractivity contribution in [3.05, 3.63) is 64.2 Å². The van der Waals surface area contributed by atoms with Gasteiger partial charge < -0.3 is 35.6 Å². The van der Waals surface area contributed by atoms with Crippen LogP contribution >= 0.6 is 11.6 Å². The lowest BCUT2D eigenvalue weighted by Crippen LogP contribution is -2.58. The number of halogens is 1. The number of ether oxygens (including phenoxy) is 2. The molecule has 10 heteroatoms. The van der Waals surface area contributed by atoms with Crippen molar-refractivity contribution in [3.8, 4) is 5.75 Å². The van der Waals surface area contributed by atoms with E-state index in [4.69, 9.17) is 26.8 Å². The Kier molecular flexibility index (Phi) is 8.52. The highest BCUT2D eigenvalue weighted by atomic mass is 35.5. The van der Waals surface area contributed by atoms with E-state index in [0.717, 1.165) is 16.9 Å². The van der Waals surface area contributed by atoms with Crippen molar-refractivity contribution in [1.82, 2.24) is 4.90 Å². The van der Waals surface area contributed by atoms with E-state index < -0.39 is 48.6 Å². The van der Waals surface area contributed by atoms with Crippen LogP contribution in [-0.4, -0.2) is 87.5 Å². The highest BCUT2D eigenvalue weighted by molar-refractivity contribution is 6.31. The van der Waals surface area contributed by atoms with Gasteiger partial charge in [0.15, 0.2) is 0 Å². The van der Waals surface area contributed by atoms with Crippen LogP contribution < -0.4 is 10.5 Å². The number of amides is 1. The van der Waals surface area contributed by atoms with E-state index in [-0.39, 0.29) is 19.5 Å². The van der Waals surface area contributed by atoms with Gasteiger partial charge in [-0.1, -0.05) is 35.9 Å². The number of rotatable bonds is 8. The molecular weight excluding hydrogens is 488 g/mol. The van der Waals surface area contributed by atoms with Gasteiger partial charge in [0.05, 0.1) is 24.9 Å². The van der Waals surface area contributed by atoms with Crippen LogP contribution in [0.4, 0.5) is 0 Å². The van der Waals surface area contributed by atoms with E-state index in [2.05, 4.69) is 0 Å². The van der Waals surface area contributed by atoms with Gasteiger partial charge in [0.1, 0.15) is 30.2 Å². The molecule has 196 valence electrons. The summed E-state index contributed by atoms with van der Waals surface area (Å²) >= 11 is 6.46. The first-order valence-electron chi connectivity index (χ1n) is 12.1. The number of nitrogens with two attached hydrogens (primary N) is 1. The number of carbonyl (C=O) groups excluding carboxylic acids is 1. The number of carbonyl (C=O) groups is 1. The van der Waals surface area contributed by atoms with Gasteiger partial charge in [0.25, 0.3) is 0 Å². The lowest BCUT2D eigenvalue weighted by atomic mass is 9.89. The molecule has 2 aromatic rings. The number of aliphatic hydroxyl groups excluding tert-OH is 4. The van der Waals surface area contributed by atoms with Crippen molar-refractivity contribution in [1.29, 1.82) is 0 Å². The third-order valence-corrected chi connectivity index (χ3v) is 7.23. The molecule has 7 atom stereocenters. The second kappa shape index (κ2) is 11.4. The first-order valence-corrected chi connectivity index (χ1v) is 12.5. The molecule has 6 N–H and O–H groups in total. The van der Waals surface area contributed by atoms with Gasteiger partial charge in [-0.25, -0.2) is 0 Å². The number of hydrogen-bond donors (Lipinski definition) is 5. The second-order valence-corrected chi connectivity index (χ2v) is 9.84.